The summed E-state index contributed by atoms with van der Waals surface area (Å²) in [4.78, 5) is 10.6. The fourth-order valence-corrected chi connectivity index (χ4v) is 1.31. The number of amides is 1. The third-order valence-electron chi connectivity index (χ3n) is 1.63. The van der Waals surface area contributed by atoms with Gasteiger partial charge in [0, 0.05) is 5.56 Å². The van der Waals surface area contributed by atoms with Gasteiger partial charge in [-0.2, -0.15) is 21.6 Å². The van der Waals surface area contributed by atoms with E-state index in [1.807, 2.05) is 0 Å². The normalized spacial score (nSPS) is 12.2. The Bertz CT molecular complexity index is 521. The van der Waals surface area contributed by atoms with E-state index in [1.54, 1.807) is 0 Å². The van der Waals surface area contributed by atoms with E-state index in [4.69, 9.17) is 5.73 Å². The van der Waals surface area contributed by atoms with Crippen molar-refractivity contribution in [1.29, 1.82) is 0 Å². The van der Waals surface area contributed by atoms with Crippen LogP contribution in [0.25, 0.3) is 0 Å². The molecule has 0 aromatic heterocycles. The quantitative estimate of drug-likeness (QED) is 0.655. The van der Waals surface area contributed by atoms with Crippen molar-refractivity contribution < 1.29 is 30.6 Å². The molecule has 0 atom stereocenters. The van der Waals surface area contributed by atoms with E-state index in [9.17, 15) is 26.4 Å². The smallest absolute Gasteiger partial charge is 0.376 e. The number of nitrogens with two attached hydrogens (primary N) is 1. The maximum absolute atomic E-state index is 11.9. The highest BCUT2D eigenvalue weighted by Crippen LogP contribution is 2.26. The lowest BCUT2D eigenvalue weighted by Gasteiger charge is -2.09. The minimum absolute atomic E-state index is 0.0155. The van der Waals surface area contributed by atoms with Gasteiger partial charge in [0.25, 0.3) is 0 Å². The summed E-state index contributed by atoms with van der Waals surface area (Å²) >= 11 is 0. The lowest BCUT2D eigenvalue weighted by Crippen LogP contribution is -2.28. The minimum atomic E-state index is -5.70. The Morgan fingerprint density at radius 1 is 1.18 bits per heavy atom. The van der Waals surface area contributed by atoms with Crippen LogP contribution in [0.1, 0.15) is 10.4 Å². The molecule has 1 aromatic rings. The molecule has 0 saturated carbocycles. The summed E-state index contributed by atoms with van der Waals surface area (Å²) in [6.07, 6.45) is 0. The van der Waals surface area contributed by atoms with Crippen LogP contribution in [0.4, 0.5) is 13.2 Å². The summed E-state index contributed by atoms with van der Waals surface area (Å²) in [5.41, 5.74) is -0.607. The standard InChI is InChI=1S/C8H6F3NO4S/c9-8(10,11)17(14,15)16-6-3-1-5(2-4-6)7(12)13/h1-4H,(H2,12,13). The molecule has 0 saturated heterocycles. The highest BCUT2D eigenvalue weighted by molar-refractivity contribution is 7.87. The van der Waals surface area contributed by atoms with Gasteiger partial charge in [0.2, 0.25) is 5.91 Å². The van der Waals surface area contributed by atoms with Crippen LogP contribution in [0.15, 0.2) is 24.3 Å². The first-order chi connectivity index (χ1) is 7.63. The van der Waals surface area contributed by atoms with Crippen LogP contribution >= 0.6 is 0 Å². The molecule has 1 rings (SSSR count). The van der Waals surface area contributed by atoms with Crippen LogP contribution in [0.5, 0.6) is 5.75 Å². The first-order valence-electron chi connectivity index (χ1n) is 4.04. The number of hydrogen-bond donors (Lipinski definition) is 1. The van der Waals surface area contributed by atoms with Gasteiger partial charge in [0.15, 0.2) is 0 Å². The topological polar surface area (TPSA) is 86.5 Å². The first-order valence-corrected chi connectivity index (χ1v) is 5.45. The number of carbonyl (C=O) groups excluding carboxylic acids is 1. The van der Waals surface area contributed by atoms with Gasteiger partial charge in [-0.15, -0.1) is 0 Å². The fourth-order valence-electron chi connectivity index (χ4n) is 0.849. The number of rotatable bonds is 3. The van der Waals surface area contributed by atoms with Crippen molar-refractivity contribution in [1.82, 2.24) is 0 Å². The maximum atomic E-state index is 11.9. The molecule has 1 amide bonds. The van der Waals surface area contributed by atoms with Crippen molar-refractivity contribution in [2.75, 3.05) is 0 Å². The summed E-state index contributed by atoms with van der Waals surface area (Å²) in [5, 5.41) is 0. The molecule has 0 aliphatic carbocycles. The molecule has 0 unspecified atom stereocenters. The van der Waals surface area contributed by atoms with Crippen LogP contribution in [0.2, 0.25) is 0 Å². The van der Waals surface area contributed by atoms with E-state index in [0.717, 1.165) is 24.3 Å². The summed E-state index contributed by atoms with van der Waals surface area (Å²) in [7, 11) is -5.70. The highest BCUT2D eigenvalue weighted by atomic mass is 32.2. The van der Waals surface area contributed by atoms with Crippen LogP contribution < -0.4 is 9.92 Å². The summed E-state index contributed by atoms with van der Waals surface area (Å²) < 4.78 is 60.8. The van der Waals surface area contributed by atoms with Crippen LogP contribution in [-0.4, -0.2) is 19.8 Å². The second-order valence-corrected chi connectivity index (χ2v) is 4.41. The van der Waals surface area contributed by atoms with Gasteiger partial charge in [-0.1, -0.05) is 0 Å². The third-order valence-corrected chi connectivity index (χ3v) is 2.61. The van der Waals surface area contributed by atoms with Gasteiger partial charge < -0.3 is 9.92 Å². The van der Waals surface area contributed by atoms with E-state index in [2.05, 4.69) is 4.18 Å². The Morgan fingerprint density at radius 2 is 1.65 bits per heavy atom. The zero-order valence-electron chi connectivity index (χ0n) is 8.06. The second kappa shape index (κ2) is 4.24. The van der Waals surface area contributed by atoms with Crippen molar-refractivity contribution in [3.8, 4) is 5.75 Å². The van der Waals surface area contributed by atoms with Crippen molar-refractivity contribution in [2.24, 2.45) is 5.73 Å². The lowest BCUT2D eigenvalue weighted by atomic mass is 10.2. The Hall–Kier alpha value is -1.77. The molecule has 0 heterocycles. The molecule has 17 heavy (non-hydrogen) atoms. The first kappa shape index (κ1) is 13.3. The van der Waals surface area contributed by atoms with Crippen LogP contribution in [0, 0.1) is 0 Å². The molecular weight excluding hydrogens is 263 g/mol. The van der Waals surface area contributed by atoms with Crippen LogP contribution in [0.3, 0.4) is 0 Å². The Kier molecular flexibility index (Phi) is 3.32. The van der Waals surface area contributed by atoms with E-state index >= 15 is 0 Å². The molecule has 9 heteroatoms. The second-order valence-electron chi connectivity index (χ2n) is 2.87. The Morgan fingerprint density at radius 3 is 2.00 bits per heavy atom. The summed E-state index contributed by atoms with van der Waals surface area (Å²) in [6.45, 7) is 0. The fraction of sp³-hybridized carbons (Fsp3) is 0.125. The van der Waals surface area contributed by atoms with Crippen LogP contribution in [-0.2, 0) is 10.1 Å². The third kappa shape index (κ3) is 3.09. The molecule has 0 spiro atoms. The zero-order valence-corrected chi connectivity index (χ0v) is 8.88. The van der Waals surface area contributed by atoms with Crippen molar-refractivity contribution >= 4 is 16.0 Å². The lowest BCUT2D eigenvalue weighted by molar-refractivity contribution is -0.0500. The molecule has 1 aromatic carbocycles. The number of alkyl halides is 3. The average molecular weight is 269 g/mol. The van der Waals surface area contributed by atoms with Gasteiger partial charge in [-0.25, -0.2) is 0 Å². The molecule has 0 radical (unpaired) electrons. The molecule has 0 aliphatic rings. The van der Waals surface area contributed by atoms with Gasteiger partial charge in [0.1, 0.15) is 5.75 Å². The van der Waals surface area contributed by atoms with Gasteiger partial charge in [-0.05, 0) is 24.3 Å². The predicted molar refractivity (Wildman–Crippen MR) is 50.6 cm³/mol. The number of halogens is 3. The van der Waals surface area contributed by atoms with E-state index < -0.39 is 27.3 Å². The van der Waals surface area contributed by atoms with Gasteiger partial charge in [-0.3, -0.25) is 4.79 Å². The Labute approximate surface area is 94.1 Å². The van der Waals surface area contributed by atoms with Crippen molar-refractivity contribution in [3.63, 3.8) is 0 Å². The molecule has 0 aliphatic heterocycles. The number of primary amides is 1. The average Bonchev–Trinajstić information content (AvgIpc) is 2.16. The van der Waals surface area contributed by atoms with E-state index in [0.29, 0.717) is 0 Å². The molecule has 5 nitrogen and oxygen atoms in total. The molecular formula is C8H6F3NO4S. The van der Waals surface area contributed by atoms with E-state index in [1.165, 1.54) is 0 Å². The van der Waals surface area contributed by atoms with Crippen molar-refractivity contribution in [3.05, 3.63) is 29.8 Å². The SMILES string of the molecule is NC(=O)c1ccc(OS(=O)(=O)C(F)(F)F)cc1. The van der Waals surface area contributed by atoms with E-state index in [-0.39, 0.29) is 5.56 Å². The number of hydrogen-bond acceptors (Lipinski definition) is 4. The number of carbonyl (C=O) groups is 1. The molecule has 0 bridgehead atoms. The molecule has 94 valence electrons. The monoisotopic (exact) mass is 269 g/mol. The van der Waals surface area contributed by atoms with Gasteiger partial charge >= 0.3 is 15.6 Å². The van der Waals surface area contributed by atoms with Gasteiger partial charge in [0.05, 0.1) is 0 Å². The predicted octanol–water partition coefficient (Wildman–Crippen LogP) is 1.01. The maximum Gasteiger partial charge on any atom is 0.534 e. The minimum Gasteiger partial charge on any atom is -0.376 e. The van der Waals surface area contributed by atoms with Crippen molar-refractivity contribution in [2.45, 2.75) is 5.51 Å². The molecule has 0 fully saturated rings. The molecule has 2 N–H and O–H groups in total. The summed E-state index contributed by atoms with van der Waals surface area (Å²) in [6, 6.07) is 3.87. The highest BCUT2D eigenvalue weighted by Gasteiger charge is 2.48. The number of benzene rings is 1. The summed E-state index contributed by atoms with van der Waals surface area (Å²) in [5.74, 6) is -1.36. The zero-order chi connectivity index (χ0) is 13.3. The largest absolute Gasteiger partial charge is 0.534 e. The Balaban J connectivity index is 2.95.